The minimum atomic E-state index is -0.582. The van der Waals surface area contributed by atoms with Crippen LogP contribution in [0.15, 0.2) is 18.3 Å². The van der Waals surface area contributed by atoms with Crippen molar-refractivity contribution in [2.45, 2.75) is 0 Å². The molecule has 0 saturated heterocycles. The third kappa shape index (κ3) is 1.52. The second kappa shape index (κ2) is 2.80. The summed E-state index contributed by atoms with van der Waals surface area (Å²) in [6.07, 6.45) is 6.33. The monoisotopic (exact) mass is 148 g/mol. The van der Waals surface area contributed by atoms with Gasteiger partial charge in [-0.05, 0) is 16.0 Å². The van der Waals surface area contributed by atoms with Gasteiger partial charge in [-0.2, -0.15) is 0 Å². The van der Waals surface area contributed by atoms with Gasteiger partial charge >= 0.3 is 5.82 Å². The van der Waals surface area contributed by atoms with Crippen LogP contribution in [0.5, 0.6) is 0 Å². The average molecular weight is 148 g/mol. The van der Waals surface area contributed by atoms with Gasteiger partial charge in [-0.1, -0.05) is 5.92 Å². The maximum absolute atomic E-state index is 10.1. The highest BCUT2D eigenvalue weighted by atomic mass is 16.6. The van der Waals surface area contributed by atoms with E-state index in [1.807, 2.05) is 0 Å². The Hall–Kier alpha value is -1.89. The molecule has 0 spiro atoms. The highest BCUT2D eigenvalue weighted by Gasteiger charge is 2.04. The molecular weight excluding hydrogens is 144 g/mol. The number of hydrogen-bond donors (Lipinski definition) is 0. The van der Waals surface area contributed by atoms with E-state index in [9.17, 15) is 10.1 Å². The fourth-order valence-corrected chi connectivity index (χ4v) is 0.608. The molecule has 0 unspecified atom stereocenters. The Morgan fingerprint density at radius 3 is 3.00 bits per heavy atom. The minimum Gasteiger partial charge on any atom is -0.358 e. The number of hydrogen-bond acceptors (Lipinski definition) is 3. The second-order valence-electron chi connectivity index (χ2n) is 1.80. The Morgan fingerprint density at radius 1 is 1.73 bits per heavy atom. The molecule has 54 valence electrons. The maximum atomic E-state index is 10.1. The van der Waals surface area contributed by atoms with Gasteiger partial charge in [0.15, 0.2) is 0 Å². The molecule has 1 heterocycles. The van der Waals surface area contributed by atoms with Crippen LogP contribution in [0.3, 0.4) is 0 Å². The van der Waals surface area contributed by atoms with Crippen LogP contribution >= 0.6 is 0 Å². The number of nitrogens with zero attached hydrogens (tertiary/aromatic N) is 2. The third-order valence-corrected chi connectivity index (χ3v) is 1.10. The summed E-state index contributed by atoms with van der Waals surface area (Å²) in [6.45, 7) is 0. The van der Waals surface area contributed by atoms with Gasteiger partial charge in [0, 0.05) is 5.56 Å². The molecular formula is C7H4N2O2. The zero-order valence-electron chi connectivity index (χ0n) is 5.52. The van der Waals surface area contributed by atoms with E-state index in [0.29, 0.717) is 5.56 Å². The summed E-state index contributed by atoms with van der Waals surface area (Å²) in [6, 6.07) is 2.78. The molecule has 11 heavy (non-hydrogen) atoms. The molecule has 0 N–H and O–H groups in total. The Labute approximate surface area is 63.0 Å². The van der Waals surface area contributed by atoms with E-state index < -0.39 is 4.92 Å². The van der Waals surface area contributed by atoms with Gasteiger partial charge in [0.1, 0.15) is 6.20 Å². The SMILES string of the molecule is C#Cc1ccnc([N+](=O)[O-])c1. The van der Waals surface area contributed by atoms with E-state index in [1.54, 1.807) is 0 Å². The van der Waals surface area contributed by atoms with Crippen molar-refractivity contribution in [2.75, 3.05) is 0 Å². The molecule has 0 saturated carbocycles. The van der Waals surface area contributed by atoms with Crippen molar-refractivity contribution in [1.29, 1.82) is 0 Å². The summed E-state index contributed by atoms with van der Waals surface area (Å²) in [4.78, 5) is 13.1. The molecule has 0 aromatic carbocycles. The highest BCUT2D eigenvalue weighted by Crippen LogP contribution is 2.07. The van der Waals surface area contributed by atoms with E-state index in [4.69, 9.17) is 6.42 Å². The van der Waals surface area contributed by atoms with Crippen molar-refractivity contribution in [3.8, 4) is 12.3 Å². The quantitative estimate of drug-likeness (QED) is 0.338. The first-order valence-corrected chi connectivity index (χ1v) is 2.81. The molecule has 0 atom stereocenters. The predicted octanol–water partition coefficient (Wildman–Crippen LogP) is 0.971. The first-order valence-electron chi connectivity index (χ1n) is 2.81. The van der Waals surface area contributed by atoms with Crippen molar-refractivity contribution in [3.05, 3.63) is 34.0 Å². The molecule has 1 rings (SSSR count). The summed E-state index contributed by atoms with van der Waals surface area (Å²) in [7, 11) is 0. The van der Waals surface area contributed by atoms with Gasteiger partial charge in [0.25, 0.3) is 0 Å². The molecule has 1 aromatic heterocycles. The molecule has 0 aliphatic carbocycles. The van der Waals surface area contributed by atoms with Crippen LogP contribution < -0.4 is 0 Å². The Kier molecular flexibility index (Phi) is 1.83. The van der Waals surface area contributed by atoms with Gasteiger partial charge in [0.2, 0.25) is 0 Å². The summed E-state index contributed by atoms with van der Waals surface area (Å²) in [5.41, 5.74) is 0.465. The number of pyridine rings is 1. The van der Waals surface area contributed by atoms with Crippen LogP contribution in [0.25, 0.3) is 0 Å². The van der Waals surface area contributed by atoms with Crippen molar-refractivity contribution in [3.63, 3.8) is 0 Å². The van der Waals surface area contributed by atoms with Crippen LogP contribution in [-0.4, -0.2) is 9.91 Å². The molecule has 0 bridgehead atoms. The molecule has 0 aliphatic heterocycles. The summed E-state index contributed by atoms with van der Waals surface area (Å²) in [5.74, 6) is 2.06. The fourth-order valence-electron chi connectivity index (χ4n) is 0.608. The van der Waals surface area contributed by atoms with E-state index in [1.165, 1.54) is 18.3 Å². The largest absolute Gasteiger partial charge is 0.364 e. The molecule has 0 amide bonds. The highest BCUT2D eigenvalue weighted by molar-refractivity contribution is 5.36. The first-order chi connectivity index (χ1) is 5.24. The Balaban J connectivity index is 3.13. The van der Waals surface area contributed by atoms with Gasteiger partial charge in [0.05, 0.1) is 6.07 Å². The van der Waals surface area contributed by atoms with Crippen LogP contribution in [-0.2, 0) is 0 Å². The summed E-state index contributed by atoms with van der Waals surface area (Å²) in [5, 5.41) is 10.1. The summed E-state index contributed by atoms with van der Waals surface area (Å²) >= 11 is 0. The van der Waals surface area contributed by atoms with Crippen LogP contribution in [0.1, 0.15) is 5.56 Å². The van der Waals surface area contributed by atoms with Crippen LogP contribution in [0.2, 0.25) is 0 Å². The number of nitro groups is 1. The lowest BCUT2D eigenvalue weighted by Gasteiger charge is -1.90. The van der Waals surface area contributed by atoms with Crippen molar-refractivity contribution < 1.29 is 4.92 Å². The van der Waals surface area contributed by atoms with Crippen molar-refractivity contribution in [1.82, 2.24) is 4.98 Å². The lowest BCUT2D eigenvalue weighted by molar-refractivity contribution is -0.389. The summed E-state index contributed by atoms with van der Waals surface area (Å²) < 4.78 is 0. The lowest BCUT2D eigenvalue weighted by Crippen LogP contribution is -1.91. The third-order valence-electron chi connectivity index (χ3n) is 1.10. The van der Waals surface area contributed by atoms with Gasteiger partial charge in [-0.15, -0.1) is 6.42 Å². The molecule has 4 heteroatoms. The molecule has 4 nitrogen and oxygen atoms in total. The first kappa shape index (κ1) is 7.22. The van der Waals surface area contributed by atoms with Crippen LogP contribution in [0.4, 0.5) is 5.82 Å². The standard InChI is InChI=1S/C7H4N2O2/c1-2-6-3-4-8-7(5-6)9(10)11/h1,3-5H. The van der Waals surface area contributed by atoms with Crippen molar-refractivity contribution in [2.24, 2.45) is 0 Å². The normalized spacial score (nSPS) is 8.64. The van der Waals surface area contributed by atoms with E-state index >= 15 is 0 Å². The topological polar surface area (TPSA) is 56.0 Å². The number of terminal acetylenes is 1. The zero-order chi connectivity index (χ0) is 8.27. The Morgan fingerprint density at radius 2 is 2.45 bits per heavy atom. The molecule has 0 radical (unpaired) electrons. The molecule has 0 fully saturated rings. The second-order valence-corrected chi connectivity index (χ2v) is 1.80. The zero-order valence-corrected chi connectivity index (χ0v) is 5.52. The average Bonchev–Trinajstić information content (AvgIpc) is 2.05. The molecule has 0 aliphatic rings. The maximum Gasteiger partial charge on any atom is 0.364 e. The van der Waals surface area contributed by atoms with Gasteiger partial charge < -0.3 is 10.1 Å². The van der Waals surface area contributed by atoms with E-state index in [2.05, 4.69) is 10.9 Å². The Bertz CT molecular complexity index is 327. The van der Waals surface area contributed by atoms with Gasteiger partial charge in [-0.3, -0.25) is 0 Å². The minimum absolute atomic E-state index is 0.222. The lowest BCUT2D eigenvalue weighted by atomic mass is 10.3. The fraction of sp³-hybridized carbons (Fsp3) is 0. The smallest absolute Gasteiger partial charge is 0.358 e. The number of aromatic nitrogens is 1. The number of rotatable bonds is 1. The van der Waals surface area contributed by atoms with Crippen molar-refractivity contribution >= 4 is 5.82 Å². The van der Waals surface area contributed by atoms with Crippen LogP contribution in [0, 0.1) is 22.5 Å². The van der Waals surface area contributed by atoms with E-state index in [0.717, 1.165) is 0 Å². The van der Waals surface area contributed by atoms with Gasteiger partial charge in [-0.25, -0.2) is 0 Å². The van der Waals surface area contributed by atoms with E-state index in [-0.39, 0.29) is 5.82 Å². The molecule has 1 aromatic rings. The predicted molar refractivity (Wildman–Crippen MR) is 38.8 cm³/mol.